The molecule has 0 spiro atoms. The Labute approximate surface area is 210 Å². The van der Waals surface area contributed by atoms with Crippen LogP contribution in [0, 0.1) is 52.8 Å². The highest BCUT2D eigenvalue weighted by molar-refractivity contribution is 5.90. The number of carbonyl (C=O) groups is 1. The highest BCUT2D eigenvalue weighted by atomic mass is 16.3. The summed E-state index contributed by atoms with van der Waals surface area (Å²) in [5.41, 5.74) is 8.47. The lowest BCUT2D eigenvalue weighted by molar-refractivity contribution is -0.175. The maximum absolute atomic E-state index is 11.9. The van der Waals surface area contributed by atoms with Crippen molar-refractivity contribution in [3.63, 3.8) is 0 Å². The Kier molecular flexibility index (Phi) is 5.82. The van der Waals surface area contributed by atoms with Crippen molar-refractivity contribution in [1.29, 1.82) is 0 Å². The van der Waals surface area contributed by atoms with Crippen molar-refractivity contribution < 1.29 is 15.0 Å². The Morgan fingerprint density at radius 3 is 2.60 bits per heavy atom. The second kappa shape index (κ2) is 8.42. The molecule has 196 valence electrons. The fourth-order valence-electron chi connectivity index (χ4n) is 10.6. The molecule has 7 heteroatoms. The number of piperidine rings is 2. The average Bonchev–Trinajstić information content (AvgIpc) is 3.18. The minimum Gasteiger partial charge on any atom is -0.393 e. The zero-order chi connectivity index (χ0) is 24.7. The van der Waals surface area contributed by atoms with Gasteiger partial charge in [-0.3, -0.25) is 4.90 Å². The van der Waals surface area contributed by atoms with Gasteiger partial charge in [0.1, 0.15) is 0 Å². The van der Waals surface area contributed by atoms with E-state index in [1.807, 2.05) is 0 Å². The molecule has 0 radical (unpaired) electrons. The molecule has 0 aromatic heterocycles. The van der Waals surface area contributed by atoms with Crippen LogP contribution in [0.4, 0.5) is 4.79 Å². The molecule has 6 aliphatic rings. The number of nitrogens with zero attached hydrogens (tertiary/aromatic N) is 2. The van der Waals surface area contributed by atoms with Gasteiger partial charge in [0.15, 0.2) is 0 Å². The number of hydrogen-bond donors (Lipinski definition) is 4. The smallest absolute Gasteiger partial charge is 0.332 e. The molecule has 0 aromatic rings. The van der Waals surface area contributed by atoms with E-state index in [0.717, 1.165) is 57.3 Å². The van der Waals surface area contributed by atoms with Crippen LogP contribution in [-0.2, 0) is 0 Å². The molecule has 0 unspecified atom stereocenters. The summed E-state index contributed by atoms with van der Waals surface area (Å²) < 4.78 is 0. The summed E-state index contributed by atoms with van der Waals surface area (Å²) in [6.07, 6.45) is 9.19. The number of aliphatic hydroxyl groups excluding tert-OH is 1. The van der Waals surface area contributed by atoms with Gasteiger partial charge in [-0.2, -0.15) is 5.10 Å². The monoisotopic (exact) mass is 486 g/mol. The van der Waals surface area contributed by atoms with Gasteiger partial charge < -0.3 is 15.9 Å². The van der Waals surface area contributed by atoms with Crippen LogP contribution >= 0.6 is 0 Å². The first kappa shape index (κ1) is 24.2. The number of hydrogen-bond acceptors (Lipinski definition) is 5. The van der Waals surface area contributed by atoms with E-state index in [9.17, 15) is 15.0 Å². The topological polar surface area (TPSA) is 111 Å². The number of urea groups is 1. The van der Waals surface area contributed by atoms with Crippen LogP contribution in [0.25, 0.3) is 0 Å². The van der Waals surface area contributed by atoms with Crippen molar-refractivity contribution in [3.8, 4) is 0 Å². The Hall–Kier alpha value is -1.18. The summed E-state index contributed by atoms with van der Waals surface area (Å²) in [5, 5.41) is 27.0. The number of nitrogens with two attached hydrogens (primary N) is 1. The van der Waals surface area contributed by atoms with Crippen molar-refractivity contribution in [3.05, 3.63) is 0 Å². The molecular formula is C28H46N4O3. The molecule has 5 N–H and O–H groups in total. The number of primary amides is 1. The van der Waals surface area contributed by atoms with Gasteiger partial charge >= 0.3 is 6.03 Å². The van der Waals surface area contributed by atoms with Gasteiger partial charge in [-0.05, 0) is 112 Å². The van der Waals surface area contributed by atoms with E-state index in [0.29, 0.717) is 47.5 Å². The quantitative estimate of drug-likeness (QED) is 0.426. The summed E-state index contributed by atoms with van der Waals surface area (Å²) in [7, 11) is 0. The van der Waals surface area contributed by atoms with Crippen molar-refractivity contribution in [2.24, 2.45) is 63.6 Å². The zero-order valence-corrected chi connectivity index (χ0v) is 21.8. The first-order valence-electron chi connectivity index (χ1n) is 14.4. The van der Waals surface area contributed by atoms with Crippen LogP contribution in [0.2, 0.25) is 0 Å². The average molecular weight is 487 g/mol. The largest absolute Gasteiger partial charge is 0.393 e. The first-order valence-corrected chi connectivity index (χ1v) is 14.4. The highest BCUT2D eigenvalue weighted by Gasteiger charge is 2.64. The van der Waals surface area contributed by atoms with E-state index in [2.05, 4.69) is 36.2 Å². The van der Waals surface area contributed by atoms with Gasteiger partial charge in [-0.25, -0.2) is 10.2 Å². The zero-order valence-electron chi connectivity index (χ0n) is 21.8. The highest BCUT2D eigenvalue weighted by Crippen LogP contribution is 2.66. The van der Waals surface area contributed by atoms with Gasteiger partial charge in [-0.1, -0.05) is 13.8 Å². The second-order valence-electron chi connectivity index (χ2n) is 13.8. The lowest BCUT2D eigenvalue weighted by Crippen LogP contribution is -2.67. The van der Waals surface area contributed by atoms with Gasteiger partial charge in [0.25, 0.3) is 0 Å². The van der Waals surface area contributed by atoms with Gasteiger partial charge in [-0.15, -0.1) is 0 Å². The molecule has 4 saturated carbocycles. The van der Waals surface area contributed by atoms with Crippen LogP contribution < -0.4 is 11.2 Å². The lowest BCUT2D eigenvalue weighted by Gasteiger charge is -2.59. The van der Waals surface area contributed by atoms with E-state index in [4.69, 9.17) is 5.73 Å². The molecule has 2 aliphatic heterocycles. The predicted molar refractivity (Wildman–Crippen MR) is 135 cm³/mol. The number of fused-ring (bicyclic) bond motifs is 8. The van der Waals surface area contributed by atoms with E-state index >= 15 is 0 Å². The molecule has 6 fully saturated rings. The van der Waals surface area contributed by atoms with Crippen LogP contribution in [0.1, 0.15) is 78.6 Å². The van der Waals surface area contributed by atoms with Crippen LogP contribution in [-0.4, -0.2) is 57.7 Å². The maximum Gasteiger partial charge on any atom is 0.332 e. The van der Waals surface area contributed by atoms with E-state index in [1.54, 1.807) is 0 Å². The Bertz CT molecular complexity index is 891. The van der Waals surface area contributed by atoms with Gasteiger partial charge in [0.2, 0.25) is 0 Å². The third kappa shape index (κ3) is 3.70. The number of hydrazone groups is 1. The second-order valence-corrected chi connectivity index (χ2v) is 13.8. The maximum atomic E-state index is 11.9. The van der Waals surface area contributed by atoms with Crippen molar-refractivity contribution in [1.82, 2.24) is 10.3 Å². The summed E-state index contributed by atoms with van der Waals surface area (Å²) >= 11 is 0. The fourth-order valence-corrected chi connectivity index (χ4v) is 10.6. The molecule has 35 heavy (non-hydrogen) atoms. The first-order chi connectivity index (χ1) is 16.6. The number of amides is 2. The Balaban J connectivity index is 1.32. The normalized spacial score (nSPS) is 54.7. The molecule has 0 aromatic carbocycles. The summed E-state index contributed by atoms with van der Waals surface area (Å²) in [6.45, 7) is 9.24. The number of rotatable bonds is 1. The van der Waals surface area contributed by atoms with Crippen LogP contribution in [0.3, 0.4) is 0 Å². The summed E-state index contributed by atoms with van der Waals surface area (Å²) in [6, 6.07) is -0.294. The van der Waals surface area contributed by atoms with E-state index in [1.165, 1.54) is 19.3 Å². The predicted octanol–water partition coefficient (Wildman–Crippen LogP) is 3.34. The summed E-state index contributed by atoms with van der Waals surface area (Å²) in [4.78, 5) is 14.1. The third-order valence-electron chi connectivity index (χ3n) is 12.1. The molecule has 0 bridgehead atoms. The van der Waals surface area contributed by atoms with Gasteiger partial charge in [0.05, 0.1) is 11.7 Å². The molecule has 6 rings (SSSR count). The van der Waals surface area contributed by atoms with E-state index in [-0.39, 0.29) is 17.4 Å². The Morgan fingerprint density at radius 1 is 1.03 bits per heavy atom. The number of nitrogens with one attached hydrogen (secondary N) is 1. The van der Waals surface area contributed by atoms with Crippen molar-refractivity contribution in [2.75, 3.05) is 13.1 Å². The van der Waals surface area contributed by atoms with Gasteiger partial charge in [0, 0.05) is 30.8 Å². The number of carbonyl (C=O) groups excluding carboxylic acids is 1. The minimum atomic E-state index is -0.614. The lowest BCUT2D eigenvalue weighted by atomic mass is 9.51. The van der Waals surface area contributed by atoms with E-state index < -0.39 is 11.6 Å². The number of aliphatic hydroxyl groups is 2. The Morgan fingerprint density at radius 2 is 1.83 bits per heavy atom. The molecule has 4 aliphatic carbocycles. The third-order valence-corrected chi connectivity index (χ3v) is 12.1. The molecule has 2 saturated heterocycles. The summed E-state index contributed by atoms with van der Waals surface area (Å²) in [5.74, 6) is 4.42. The van der Waals surface area contributed by atoms with Crippen molar-refractivity contribution in [2.45, 2.75) is 96.3 Å². The standard InChI is InChI=1S/C28H46N4O3/c1-15-4-7-25-28(3,35)21-6-5-17-18(20(21)14-32(25)13-15)11-22-19(17)12-24(30-31-26(29)34)23-10-16(33)8-9-27(22,23)2/h15-23,25,33,35H,4-14H2,1-3H3,(H3,29,31,34)/b30-24-/t15-,16-,17-,18-,19+,20+,21+,22+,23-,25+,27-,28+/m1/s1. The fraction of sp³-hybridized carbons (Fsp3) is 0.929. The van der Waals surface area contributed by atoms with Crippen molar-refractivity contribution >= 4 is 11.7 Å². The molecule has 2 heterocycles. The molecule has 12 atom stereocenters. The molecule has 7 nitrogen and oxygen atoms in total. The van der Waals surface area contributed by atoms with Crippen LogP contribution in [0.5, 0.6) is 0 Å². The molecular weight excluding hydrogens is 440 g/mol. The minimum absolute atomic E-state index is 0.104. The molecule has 2 amide bonds. The SMILES string of the molecule is C[C@@H]1CC[C@@H]2N(C1)C[C@H]1[C@@H]3C[C@H]4[C@@H](C/C(=N/NC(N)=O)[C@H]5C[C@H](O)CC[C@@]54C)[C@@H]3CC[C@@H]1[C@]2(C)O. The van der Waals surface area contributed by atoms with Crippen LogP contribution in [0.15, 0.2) is 5.10 Å².